The lowest BCUT2D eigenvalue weighted by Gasteiger charge is -2.23. The number of rotatable bonds is 3. The number of nitrogens with one attached hydrogen (secondary N) is 1. The molecule has 1 aromatic carbocycles. The molecule has 20 heavy (non-hydrogen) atoms. The van der Waals surface area contributed by atoms with E-state index in [0.717, 1.165) is 4.47 Å². The number of nitrogens with two attached hydrogens (primary N) is 1. The highest BCUT2D eigenvalue weighted by Crippen LogP contribution is 2.27. The Morgan fingerprint density at radius 2 is 1.85 bits per heavy atom. The van der Waals surface area contributed by atoms with Crippen molar-refractivity contribution in [1.82, 2.24) is 0 Å². The average Bonchev–Trinajstić information content (AvgIpc) is 2.32. The quantitative estimate of drug-likeness (QED) is 0.767. The molecule has 0 unspecified atom stereocenters. The summed E-state index contributed by atoms with van der Waals surface area (Å²) in [7, 11) is -6.72. The van der Waals surface area contributed by atoms with Crippen LogP contribution in [-0.2, 0) is 19.9 Å². The molecule has 0 spiro atoms. The summed E-state index contributed by atoms with van der Waals surface area (Å²) in [5, 5.41) is -0.700. The molecule has 0 bridgehead atoms. The molecule has 1 aliphatic heterocycles. The summed E-state index contributed by atoms with van der Waals surface area (Å²) in [5.41, 5.74) is 6.37. The molecule has 6 nitrogen and oxygen atoms in total. The van der Waals surface area contributed by atoms with Gasteiger partial charge in [-0.25, -0.2) is 16.8 Å². The number of hydrogen-bond donors (Lipinski definition) is 2. The van der Waals surface area contributed by atoms with Crippen LogP contribution in [-0.4, -0.2) is 33.6 Å². The van der Waals surface area contributed by atoms with Crippen LogP contribution >= 0.6 is 15.9 Å². The summed E-state index contributed by atoms with van der Waals surface area (Å²) in [5.74, 6) is -0.178. The van der Waals surface area contributed by atoms with Gasteiger partial charge in [0, 0.05) is 4.47 Å². The van der Waals surface area contributed by atoms with Crippen LogP contribution in [0.4, 0.5) is 11.4 Å². The van der Waals surface area contributed by atoms with Crippen molar-refractivity contribution in [3.05, 3.63) is 22.7 Å². The Morgan fingerprint density at radius 3 is 2.40 bits per heavy atom. The fraction of sp³-hybridized carbons (Fsp3) is 0.455. The maximum absolute atomic E-state index is 12.2. The van der Waals surface area contributed by atoms with Crippen LogP contribution in [0.15, 0.2) is 22.7 Å². The molecule has 0 atom stereocenters. The summed E-state index contributed by atoms with van der Waals surface area (Å²) in [6.07, 6.45) is 0.238. The molecule has 0 saturated carbocycles. The number of halogens is 1. The minimum atomic E-state index is -3.63. The third-order valence-corrected chi connectivity index (χ3v) is 7.27. The summed E-state index contributed by atoms with van der Waals surface area (Å²) in [6, 6.07) is 4.85. The molecular weight excluding hydrogens is 368 g/mol. The van der Waals surface area contributed by atoms with Crippen molar-refractivity contribution < 1.29 is 16.8 Å². The van der Waals surface area contributed by atoms with E-state index in [2.05, 4.69) is 20.7 Å². The Labute approximate surface area is 126 Å². The Kier molecular flexibility index (Phi) is 4.31. The van der Waals surface area contributed by atoms with Gasteiger partial charge in [0.1, 0.15) is 9.84 Å². The molecule has 1 fully saturated rings. The molecule has 1 aromatic rings. The van der Waals surface area contributed by atoms with Crippen LogP contribution < -0.4 is 10.5 Å². The minimum absolute atomic E-state index is 0.0889. The van der Waals surface area contributed by atoms with Crippen LogP contribution in [0.1, 0.15) is 12.8 Å². The lowest BCUT2D eigenvalue weighted by molar-refractivity contribution is 0.555. The van der Waals surface area contributed by atoms with Crippen molar-refractivity contribution in [2.75, 3.05) is 22.0 Å². The molecule has 0 aliphatic carbocycles. The second kappa shape index (κ2) is 5.53. The zero-order valence-electron chi connectivity index (χ0n) is 10.5. The number of sulfone groups is 1. The lowest BCUT2D eigenvalue weighted by Crippen LogP contribution is -2.36. The minimum Gasteiger partial charge on any atom is -0.397 e. The van der Waals surface area contributed by atoms with Crippen molar-refractivity contribution in [2.45, 2.75) is 18.1 Å². The molecule has 3 N–H and O–H groups in total. The molecule has 0 radical (unpaired) electrons. The first-order valence-corrected chi connectivity index (χ1v) is 10.1. The van der Waals surface area contributed by atoms with Crippen molar-refractivity contribution in [3.8, 4) is 0 Å². The van der Waals surface area contributed by atoms with Crippen LogP contribution in [0.3, 0.4) is 0 Å². The number of anilines is 2. The van der Waals surface area contributed by atoms with Gasteiger partial charge in [-0.2, -0.15) is 0 Å². The summed E-state index contributed by atoms with van der Waals surface area (Å²) in [4.78, 5) is 0. The van der Waals surface area contributed by atoms with Crippen LogP contribution in [0, 0.1) is 0 Å². The Balaban J connectivity index is 2.16. The van der Waals surface area contributed by atoms with E-state index in [9.17, 15) is 16.8 Å². The second-order valence-corrected chi connectivity index (χ2v) is 9.91. The van der Waals surface area contributed by atoms with Gasteiger partial charge in [0.2, 0.25) is 10.0 Å². The molecule has 112 valence electrons. The molecule has 2 rings (SSSR count). The smallest absolute Gasteiger partial charge is 0.235 e. The highest BCUT2D eigenvalue weighted by Gasteiger charge is 2.33. The number of hydrogen-bond acceptors (Lipinski definition) is 5. The topological polar surface area (TPSA) is 106 Å². The van der Waals surface area contributed by atoms with Gasteiger partial charge in [0.05, 0.1) is 28.1 Å². The van der Waals surface area contributed by atoms with Crippen molar-refractivity contribution in [1.29, 1.82) is 0 Å². The summed E-state index contributed by atoms with van der Waals surface area (Å²) >= 11 is 3.24. The van der Waals surface area contributed by atoms with Crippen molar-refractivity contribution >= 4 is 47.2 Å². The van der Waals surface area contributed by atoms with Gasteiger partial charge in [-0.05, 0) is 31.0 Å². The molecule has 1 aliphatic rings. The van der Waals surface area contributed by atoms with E-state index in [1.54, 1.807) is 18.2 Å². The first kappa shape index (κ1) is 15.6. The van der Waals surface area contributed by atoms with Gasteiger partial charge in [-0.3, -0.25) is 4.72 Å². The summed E-state index contributed by atoms with van der Waals surface area (Å²) in [6.45, 7) is 0. The second-order valence-electron chi connectivity index (χ2n) is 4.73. The van der Waals surface area contributed by atoms with E-state index in [1.165, 1.54) is 0 Å². The van der Waals surface area contributed by atoms with Gasteiger partial charge in [0.25, 0.3) is 0 Å². The average molecular weight is 383 g/mol. The Bertz CT molecular complexity index is 702. The monoisotopic (exact) mass is 382 g/mol. The molecule has 0 amide bonds. The highest BCUT2D eigenvalue weighted by atomic mass is 79.9. The Morgan fingerprint density at radius 1 is 1.25 bits per heavy atom. The summed E-state index contributed by atoms with van der Waals surface area (Å²) < 4.78 is 50.3. The van der Waals surface area contributed by atoms with E-state index < -0.39 is 25.1 Å². The molecular formula is C11H15BrN2O4S2. The van der Waals surface area contributed by atoms with Gasteiger partial charge in [-0.15, -0.1) is 0 Å². The van der Waals surface area contributed by atoms with Gasteiger partial charge in [-0.1, -0.05) is 15.9 Å². The lowest BCUT2D eigenvalue weighted by atomic mass is 10.2. The van der Waals surface area contributed by atoms with E-state index in [4.69, 9.17) is 5.73 Å². The molecule has 9 heteroatoms. The zero-order chi connectivity index (χ0) is 15.0. The zero-order valence-corrected chi connectivity index (χ0v) is 13.8. The van der Waals surface area contributed by atoms with Crippen LogP contribution in [0.2, 0.25) is 0 Å². The predicted molar refractivity (Wildman–Crippen MR) is 82.8 cm³/mol. The van der Waals surface area contributed by atoms with Crippen LogP contribution in [0.5, 0.6) is 0 Å². The number of benzene rings is 1. The first-order chi connectivity index (χ1) is 9.20. The normalized spacial score (nSPS) is 19.6. The molecule has 1 saturated heterocycles. The predicted octanol–water partition coefficient (Wildman–Crippen LogP) is 1.35. The maximum atomic E-state index is 12.2. The SMILES string of the molecule is Nc1cc(Br)ccc1NS(=O)(=O)C1CCS(=O)(=O)CC1. The largest absolute Gasteiger partial charge is 0.397 e. The van der Waals surface area contributed by atoms with Gasteiger partial charge in [0.15, 0.2) is 0 Å². The maximum Gasteiger partial charge on any atom is 0.235 e. The van der Waals surface area contributed by atoms with Crippen LogP contribution in [0.25, 0.3) is 0 Å². The van der Waals surface area contributed by atoms with Crippen molar-refractivity contribution in [3.63, 3.8) is 0 Å². The fourth-order valence-electron chi connectivity index (χ4n) is 2.04. The molecule has 1 heterocycles. The first-order valence-electron chi connectivity index (χ1n) is 5.97. The van der Waals surface area contributed by atoms with E-state index >= 15 is 0 Å². The van der Waals surface area contributed by atoms with E-state index in [1.807, 2.05) is 0 Å². The molecule has 0 aromatic heterocycles. The Hall–Kier alpha value is -0.800. The third kappa shape index (κ3) is 3.64. The third-order valence-electron chi connectivity index (χ3n) is 3.21. The standard InChI is InChI=1S/C11H15BrN2O4S2/c12-8-1-2-11(10(13)7-8)14-20(17,18)9-3-5-19(15,16)6-4-9/h1-2,7,9,14H,3-6,13H2. The van der Waals surface area contributed by atoms with Gasteiger partial charge < -0.3 is 5.73 Å². The number of nitrogen functional groups attached to an aromatic ring is 1. The number of sulfonamides is 1. The van der Waals surface area contributed by atoms with E-state index in [-0.39, 0.29) is 24.3 Å². The van der Waals surface area contributed by atoms with E-state index in [0.29, 0.717) is 11.4 Å². The van der Waals surface area contributed by atoms with Gasteiger partial charge >= 0.3 is 0 Å². The van der Waals surface area contributed by atoms with Crippen molar-refractivity contribution in [2.24, 2.45) is 0 Å². The highest BCUT2D eigenvalue weighted by molar-refractivity contribution is 9.10. The fourth-order valence-corrected chi connectivity index (χ4v) is 5.73.